The number of hydrogen-bond donors (Lipinski definition) is 0. The molecule has 2 aromatic rings. The molecule has 2 nitrogen and oxygen atoms in total. The van der Waals surface area contributed by atoms with E-state index in [0.29, 0.717) is 4.47 Å². The molecular formula is C14H7BrF6O2S. The molecule has 0 amide bonds. The summed E-state index contributed by atoms with van der Waals surface area (Å²) in [4.78, 5) is -1.50. The molecule has 0 saturated carbocycles. The van der Waals surface area contributed by atoms with E-state index >= 15 is 0 Å². The summed E-state index contributed by atoms with van der Waals surface area (Å²) in [5.74, 6) is 0. The zero-order valence-electron chi connectivity index (χ0n) is 11.4. The van der Waals surface area contributed by atoms with Crippen LogP contribution in [0.2, 0.25) is 0 Å². The lowest BCUT2D eigenvalue weighted by atomic mass is 10.1. The van der Waals surface area contributed by atoms with Gasteiger partial charge in [0.2, 0.25) is 9.84 Å². The largest absolute Gasteiger partial charge is 0.416 e. The van der Waals surface area contributed by atoms with Crippen LogP contribution in [0.1, 0.15) is 11.1 Å². The lowest BCUT2D eigenvalue weighted by molar-refractivity contribution is -0.143. The Morgan fingerprint density at radius 1 is 0.708 bits per heavy atom. The highest BCUT2D eigenvalue weighted by Gasteiger charge is 2.38. The van der Waals surface area contributed by atoms with E-state index in [4.69, 9.17) is 0 Å². The van der Waals surface area contributed by atoms with Crippen LogP contribution in [0.3, 0.4) is 0 Å². The molecule has 24 heavy (non-hydrogen) atoms. The molecule has 0 saturated heterocycles. The quantitative estimate of drug-likeness (QED) is 0.601. The molecule has 0 spiro atoms. The molecule has 0 N–H and O–H groups in total. The molecule has 0 aliphatic carbocycles. The van der Waals surface area contributed by atoms with Crippen molar-refractivity contribution in [2.24, 2.45) is 0 Å². The number of alkyl halides is 6. The van der Waals surface area contributed by atoms with Crippen molar-refractivity contribution >= 4 is 25.8 Å². The summed E-state index contributed by atoms with van der Waals surface area (Å²) < 4.78 is 102. The summed E-state index contributed by atoms with van der Waals surface area (Å²) in [5, 5.41) is 0. The van der Waals surface area contributed by atoms with Gasteiger partial charge in [-0.1, -0.05) is 15.9 Å². The number of rotatable bonds is 2. The van der Waals surface area contributed by atoms with Crippen molar-refractivity contribution in [3.05, 3.63) is 58.1 Å². The first-order valence-corrected chi connectivity index (χ1v) is 8.39. The van der Waals surface area contributed by atoms with Crippen LogP contribution < -0.4 is 0 Å². The maximum atomic E-state index is 12.8. The second kappa shape index (κ2) is 6.07. The van der Waals surface area contributed by atoms with Crippen LogP contribution in [0.4, 0.5) is 26.3 Å². The predicted octanol–water partition coefficient (Wildman–Crippen LogP) is 5.32. The normalized spacial score (nSPS) is 13.1. The van der Waals surface area contributed by atoms with E-state index in [-0.39, 0.29) is 18.2 Å². The summed E-state index contributed by atoms with van der Waals surface area (Å²) in [6.07, 6.45) is -10.2. The van der Waals surface area contributed by atoms with Gasteiger partial charge in [0.25, 0.3) is 0 Å². The third kappa shape index (κ3) is 3.92. The number of hydrogen-bond acceptors (Lipinski definition) is 2. The van der Waals surface area contributed by atoms with Crippen molar-refractivity contribution in [2.45, 2.75) is 22.1 Å². The van der Waals surface area contributed by atoms with E-state index in [9.17, 15) is 34.8 Å². The van der Waals surface area contributed by atoms with Crippen LogP contribution >= 0.6 is 15.9 Å². The van der Waals surface area contributed by atoms with Crippen LogP contribution in [0.25, 0.3) is 0 Å². The van der Waals surface area contributed by atoms with Gasteiger partial charge in [0.15, 0.2) is 0 Å². The molecule has 130 valence electrons. The van der Waals surface area contributed by atoms with Gasteiger partial charge < -0.3 is 0 Å². The number of sulfone groups is 1. The molecule has 10 heteroatoms. The molecule has 0 aromatic heterocycles. The first-order valence-electron chi connectivity index (χ1n) is 6.12. The lowest BCUT2D eigenvalue weighted by Crippen LogP contribution is -2.13. The van der Waals surface area contributed by atoms with Crippen molar-refractivity contribution in [3.63, 3.8) is 0 Å². The molecular weight excluding hydrogens is 426 g/mol. The summed E-state index contributed by atoms with van der Waals surface area (Å²) in [5.41, 5.74) is -3.37. The Hall–Kier alpha value is -1.55. The first kappa shape index (κ1) is 18.8. The van der Waals surface area contributed by atoms with Gasteiger partial charge in [-0.15, -0.1) is 0 Å². The molecule has 2 aromatic carbocycles. The highest BCUT2D eigenvalue weighted by atomic mass is 79.9. The molecule has 0 bridgehead atoms. The zero-order chi connectivity index (χ0) is 18.3. The minimum Gasteiger partial charge on any atom is -0.219 e. The van der Waals surface area contributed by atoms with Crippen LogP contribution in [0.15, 0.2) is 56.7 Å². The van der Waals surface area contributed by atoms with Gasteiger partial charge in [-0.3, -0.25) is 0 Å². The van der Waals surface area contributed by atoms with E-state index in [1.165, 1.54) is 12.1 Å². The predicted molar refractivity (Wildman–Crippen MR) is 76.0 cm³/mol. The van der Waals surface area contributed by atoms with Crippen LogP contribution in [-0.2, 0) is 22.2 Å². The maximum absolute atomic E-state index is 12.8. The standard InChI is InChI=1S/C14H7BrF6O2S/c15-10-1-3-11(4-2-10)24(22,23)12-6-8(13(16,17)18)5-9(7-12)14(19,20)21/h1-7H. The van der Waals surface area contributed by atoms with E-state index in [0.717, 1.165) is 12.1 Å². The van der Waals surface area contributed by atoms with Gasteiger partial charge in [0.05, 0.1) is 20.9 Å². The Kier molecular flexibility index (Phi) is 4.75. The minimum absolute atomic E-state index is 0.124. The molecule has 0 aliphatic rings. The summed E-state index contributed by atoms with van der Waals surface area (Å²) in [6.45, 7) is 0. The van der Waals surface area contributed by atoms with Crippen molar-refractivity contribution in [3.8, 4) is 0 Å². The molecule has 0 aliphatic heterocycles. The maximum Gasteiger partial charge on any atom is 0.416 e. The fraction of sp³-hybridized carbons (Fsp3) is 0.143. The fourth-order valence-corrected chi connectivity index (χ4v) is 3.43. The van der Waals surface area contributed by atoms with Crippen LogP contribution in [-0.4, -0.2) is 8.42 Å². The number of halogens is 7. The van der Waals surface area contributed by atoms with E-state index in [2.05, 4.69) is 15.9 Å². The van der Waals surface area contributed by atoms with Crippen LogP contribution in [0.5, 0.6) is 0 Å². The van der Waals surface area contributed by atoms with Gasteiger partial charge in [0.1, 0.15) is 0 Å². The zero-order valence-corrected chi connectivity index (χ0v) is 13.8. The van der Waals surface area contributed by atoms with Crippen molar-refractivity contribution < 1.29 is 34.8 Å². The first-order chi connectivity index (χ1) is 10.8. The van der Waals surface area contributed by atoms with E-state index < -0.39 is 43.1 Å². The van der Waals surface area contributed by atoms with Gasteiger partial charge >= 0.3 is 12.4 Å². The Morgan fingerprint density at radius 3 is 1.50 bits per heavy atom. The van der Waals surface area contributed by atoms with Crippen molar-refractivity contribution in [1.29, 1.82) is 0 Å². The van der Waals surface area contributed by atoms with E-state index in [1.807, 2.05) is 0 Å². The van der Waals surface area contributed by atoms with Gasteiger partial charge in [0, 0.05) is 4.47 Å². The fourth-order valence-electron chi connectivity index (χ4n) is 1.83. The SMILES string of the molecule is O=S(=O)(c1ccc(Br)cc1)c1cc(C(F)(F)F)cc(C(F)(F)F)c1. The topological polar surface area (TPSA) is 34.1 Å². The highest BCUT2D eigenvalue weighted by Crippen LogP contribution is 2.38. The summed E-state index contributed by atoms with van der Waals surface area (Å²) in [7, 11) is -4.54. The molecule has 0 unspecified atom stereocenters. The number of benzene rings is 2. The average Bonchev–Trinajstić information content (AvgIpc) is 2.45. The Balaban J connectivity index is 2.71. The van der Waals surface area contributed by atoms with Gasteiger partial charge in [-0.05, 0) is 42.5 Å². The van der Waals surface area contributed by atoms with Crippen molar-refractivity contribution in [2.75, 3.05) is 0 Å². The second-order valence-corrected chi connectivity index (χ2v) is 7.56. The Morgan fingerprint density at radius 2 is 1.12 bits per heavy atom. The van der Waals surface area contributed by atoms with Gasteiger partial charge in [-0.2, -0.15) is 26.3 Å². The van der Waals surface area contributed by atoms with E-state index in [1.54, 1.807) is 0 Å². The molecule has 0 fully saturated rings. The highest BCUT2D eigenvalue weighted by molar-refractivity contribution is 9.10. The lowest BCUT2D eigenvalue weighted by Gasteiger charge is -2.14. The minimum atomic E-state index is -5.12. The third-order valence-electron chi connectivity index (χ3n) is 3.00. The summed E-state index contributed by atoms with van der Waals surface area (Å²) in [6, 6.07) is 5.02. The molecule has 2 rings (SSSR count). The molecule has 0 atom stereocenters. The second-order valence-electron chi connectivity index (χ2n) is 4.70. The molecule has 0 heterocycles. The van der Waals surface area contributed by atoms with Crippen molar-refractivity contribution in [1.82, 2.24) is 0 Å². The third-order valence-corrected chi connectivity index (χ3v) is 5.27. The Labute approximate surface area is 141 Å². The van der Waals surface area contributed by atoms with Crippen LogP contribution in [0, 0.1) is 0 Å². The monoisotopic (exact) mass is 432 g/mol. The smallest absolute Gasteiger partial charge is 0.219 e. The molecule has 0 radical (unpaired) electrons. The Bertz CT molecular complexity index is 822. The average molecular weight is 433 g/mol. The summed E-state index contributed by atoms with van der Waals surface area (Å²) >= 11 is 3.05. The van der Waals surface area contributed by atoms with Gasteiger partial charge in [-0.25, -0.2) is 8.42 Å².